The number of rotatable bonds is 4. The zero-order chi connectivity index (χ0) is 18.1. The Kier molecular flexibility index (Phi) is 4.79. The molecule has 1 aliphatic rings. The minimum Gasteiger partial charge on any atom is -0.348 e. The summed E-state index contributed by atoms with van der Waals surface area (Å²) >= 11 is 11.8. The number of carbonyl (C=O) groups is 3. The molecule has 0 aromatic heterocycles. The predicted octanol–water partition coefficient (Wildman–Crippen LogP) is 3.47. The van der Waals surface area contributed by atoms with Crippen LogP contribution >= 0.6 is 23.2 Å². The van der Waals surface area contributed by atoms with E-state index in [1.54, 1.807) is 0 Å². The monoisotopic (exact) mass is 376 g/mol. The van der Waals surface area contributed by atoms with Crippen LogP contribution in [0.1, 0.15) is 39.2 Å². The van der Waals surface area contributed by atoms with Gasteiger partial charge in [0.2, 0.25) is 5.91 Å². The predicted molar refractivity (Wildman–Crippen MR) is 94.8 cm³/mol. The molecule has 0 unspecified atom stereocenters. The summed E-state index contributed by atoms with van der Waals surface area (Å²) in [6, 6.07) is 11.9. The highest BCUT2D eigenvalue weighted by atomic mass is 35.5. The lowest BCUT2D eigenvalue weighted by molar-refractivity contribution is -0.122. The number of fused-ring (bicyclic) bond motifs is 1. The number of nitrogens with zero attached hydrogens (tertiary/aromatic N) is 1. The van der Waals surface area contributed by atoms with Crippen LogP contribution in [0.4, 0.5) is 0 Å². The lowest BCUT2D eigenvalue weighted by atomic mass is 10.1. The normalized spacial score (nSPS) is 14.4. The standard InChI is InChI=1S/C18H14Cl2N2O3/c1-10(11-5-3-2-4-6-11)21-16(23)9-22-17(24)12-7-14(19)15(20)8-13(12)18(22)25/h2-8,10H,9H2,1H3,(H,21,23)/t10-/m0/s1. The summed E-state index contributed by atoms with van der Waals surface area (Å²) in [4.78, 5) is 37.9. The Morgan fingerprint density at radius 3 is 2.08 bits per heavy atom. The van der Waals surface area contributed by atoms with Crippen LogP contribution in [0.15, 0.2) is 42.5 Å². The Morgan fingerprint density at radius 1 is 1.04 bits per heavy atom. The lowest BCUT2D eigenvalue weighted by Gasteiger charge is -2.17. The molecule has 0 radical (unpaired) electrons. The van der Waals surface area contributed by atoms with Crippen molar-refractivity contribution in [1.82, 2.24) is 10.2 Å². The van der Waals surface area contributed by atoms with Gasteiger partial charge in [-0.2, -0.15) is 0 Å². The van der Waals surface area contributed by atoms with Gasteiger partial charge in [-0.1, -0.05) is 53.5 Å². The zero-order valence-corrected chi connectivity index (χ0v) is 14.8. The number of hydrogen-bond donors (Lipinski definition) is 1. The highest BCUT2D eigenvalue weighted by Gasteiger charge is 2.37. The Morgan fingerprint density at radius 2 is 1.56 bits per heavy atom. The molecule has 1 heterocycles. The number of nitrogens with one attached hydrogen (secondary N) is 1. The van der Waals surface area contributed by atoms with Gasteiger partial charge in [0.1, 0.15) is 6.54 Å². The minimum absolute atomic E-state index is 0.156. The van der Waals surface area contributed by atoms with Crippen molar-refractivity contribution in [2.24, 2.45) is 0 Å². The maximum atomic E-state index is 12.4. The van der Waals surface area contributed by atoms with Crippen LogP contribution in [-0.4, -0.2) is 29.2 Å². The summed E-state index contributed by atoms with van der Waals surface area (Å²) in [6.45, 7) is 1.47. The third-order valence-electron chi connectivity index (χ3n) is 3.99. The first-order valence-corrected chi connectivity index (χ1v) is 8.33. The van der Waals surface area contributed by atoms with E-state index in [0.717, 1.165) is 10.5 Å². The van der Waals surface area contributed by atoms with Crippen molar-refractivity contribution < 1.29 is 14.4 Å². The molecule has 1 N–H and O–H groups in total. The molecule has 1 atom stereocenters. The topological polar surface area (TPSA) is 66.5 Å². The van der Waals surface area contributed by atoms with Crippen molar-refractivity contribution in [3.8, 4) is 0 Å². The molecule has 3 rings (SSSR count). The van der Waals surface area contributed by atoms with Crippen molar-refractivity contribution in [1.29, 1.82) is 0 Å². The van der Waals surface area contributed by atoms with Gasteiger partial charge in [-0.05, 0) is 24.6 Å². The quantitative estimate of drug-likeness (QED) is 0.830. The first-order valence-electron chi connectivity index (χ1n) is 7.58. The summed E-state index contributed by atoms with van der Waals surface area (Å²) in [5.41, 5.74) is 1.24. The van der Waals surface area contributed by atoms with Crippen molar-refractivity contribution >= 4 is 40.9 Å². The van der Waals surface area contributed by atoms with Gasteiger partial charge in [-0.3, -0.25) is 19.3 Å². The van der Waals surface area contributed by atoms with E-state index < -0.39 is 17.7 Å². The third kappa shape index (κ3) is 3.38. The van der Waals surface area contributed by atoms with Crippen LogP contribution in [-0.2, 0) is 4.79 Å². The number of imide groups is 1. The van der Waals surface area contributed by atoms with Crippen molar-refractivity contribution in [2.75, 3.05) is 6.54 Å². The molecule has 25 heavy (non-hydrogen) atoms. The Bertz CT molecular complexity index is 827. The van der Waals surface area contributed by atoms with Crippen LogP contribution in [0, 0.1) is 0 Å². The largest absolute Gasteiger partial charge is 0.348 e. The van der Waals surface area contributed by atoms with Crippen molar-refractivity contribution in [3.63, 3.8) is 0 Å². The average Bonchev–Trinajstić information content (AvgIpc) is 2.81. The molecule has 0 spiro atoms. The van der Waals surface area contributed by atoms with Crippen LogP contribution in [0.3, 0.4) is 0 Å². The fourth-order valence-corrected chi connectivity index (χ4v) is 3.01. The van der Waals surface area contributed by atoms with Gasteiger partial charge in [0, 0.05) is 0 Å². The third-order valence-corrected chi connectivity index (χ3v) is 4.71. The molecule has 0 bridgehead atoms. The van der Waals surface area contributed by atoms with Gasteiger partial charge in [0.05, 0.1) is 27.2 Å². The highest BCUT2D eigenvalue weighted by Crippen LogP contribution is 2.31. The Balaban J connectivity index is 1.72. The van der Waals surface area contributed by atoms with E-state index >= 15 is 0 Å². The van der Waals surface area contributed by atoms with Crippen LogP contribution < -0.4 is 5.32 Å². The Hall–Kier alpha value is -2.37. The molecule has 7 heteroatoms. The lowest BCUT2D eigenvalue weighted by Crippen LogP contribution is -2.41. The smallest absolute Gasteiger partial charge is 0.262 e. The highest BCUT2D eigenvalue weighted by molar-refractivity contribution is 6.43. The van der Waals surface area contributed by atoms with E-state index in [9.17, 15) is 14.4 Å². The summed E-state index contributed by atoms with van der Waals surface area (Å²) in [6.07, 6.45) is 0. The number of hydrogen-bond acceptors (Lipinski definition) is 3. The second-order valence-electron chi connectivity index (χ2n) is 5.71. The number of amides is 3. The molecule has 1 aliphatic heterocycles. The molecule has 128 valence electrons. The fourth-order valence-electron chi connectivity index (χ4n) is 2.68. The van der Waals surface area contributed by atoms with Crippen LogP contribution in [0.25, 0.3) is 0 Å². The molecule has 0 fully saturated rings. The van der Waals surface area contributed by atoms with E-state index in [1.165, 1.54) is 12.1 Å². The SMILES string of the molecule is C[C@H](NC(=O)CN1C(=O)c2cc(Cl)c(Cl)cc2C1=O)c1ccccc1. The zero-order valence-electron chi connectivity index (χ0n) is 13.3. The first-order chi connectivity index (χ1) is 11.9. The van der Waals surface area contributed by atoms with E-state index in [-0.39, 0.29) is 33.8 Å². The second kappa shape index (κ2) is 6.86. The minimum atomic E-state index is -0.555. The van der Waals surface area contributed by atoms with E-state index in [1.807, 2.05) is 37.3 Å². The second-order valence-corrected chi connectivity index (χ2v) is 6.52. The van der Waals surface area contributed by atoms with E-state index in [0.29, 0.717) is 0 Å². The van der Waals surface area contributed by atoms with Crippen LogP contribution in [0.5, 0.6) is 0 Å². The summed E-state index contributed by atoms with van der Waals surface area (Å²) in [5.74, 6) is -1.54. The molecule has 2 aromatic carbocycles. The van der Waals surface area contributed by atoms with E-state index in [4.69, 9.17) is 23.2 Å². The fraction of sp³-hybridized carbons (Fsp3) is 0.167. The maximum absolute atomic E-state index is 12.4. The summed E-state index contributed by atoms with van der Waals surface area (Å²) in [7, 11) is 0. The number of benzene rings is 2. The molecule has 0 saturated heterocycles. The molecule has 2 aromatic rings. The molecule has 5 nitrogen and oxygen atoms in total. The first kappa shape index (κ1) is 17.5. The maximum Gasteiger partial charge on any atom is 0.262 e. The van der Waals surface area contributed by atoms with Gasteiger partial charge >= 0.3 is 0 Å². The van der Waals surface area contributed by atoms with Gasteiger partial charge in [0.25, 0.3) is 11.8 Å². The molecular weight excluding hydrogens is 363 g/mol. The van der Waals surface area contributed by atoms with E-state index in [2.05, 4.69) is 5.32 Å². The molecule has 0 aliphatic carbocycles. The molecule has 3 amide bonds. The van der Waals surface area contributed by atoms with Gasteiger partial charge in [-0.25, -0.2) is 0 Å². The van der Waals surface area contributed by atoms with Crippen molar-refractivity contribution in [2.45, 2.75) is 13.0 Å². The number of carbonyl (C=O) groups excluding carboxylic acids is 3. The Labute approximate surface area is 154 Å². The summed E-state index contributed by atoms with van der Waals surface area (Å²) in [5, 5.41) is 3.15. The molecule has 0 saturated carbocycles. The average molecular weight is 377 g/mol. The number of halogens is 2. The van der Waals surface area contributed by atoms with Crippen molar-refractivity contribution in [3.05, 3.63) is 69.2 Å². The van der Waals surface area contributed by atoms with Gasteiger partial charge in [0.15, 0.2) is 0 Å². The van der Waals surface area contributed by atoms with Crippen LogP contribution in [0.2, 0.25) is 10.0 Å². The van der Waals surface area contributed by atoms with Gasteiger partial charge < -0.3 is 5.32 Å². The van der Waals surface area contributed by atoms with Gasteiger partial charge in [-0.15, -0.1) is 0 Å². The summed E-state index contributed by atoms with van der Waals surface area (Å²) < 4.78 is 0. The molecular formula is C18H14Cl2N2O3.